The lowest BCUT2D eigenvalue weighted by Gasteiger charge is -2.08. The second kappa shape index (κ2) is 5.67. The number of rotatable bonds is 4. The number of ketones is 1. The minimum Gasteiger partial charge on any atom is -0.485 e. The monoisotopic (exact) mass is 324 g/mol. The third kappa shape index (κ3) is 3.21. The third-order valence-electron chi connectivity index (χ3n) is 2.55. The van der Waals surface area contributed by atoms with Crippen LogP contribution in [0.25, 0.3) is 0 Å². The summed E-state index contributed by atoms with van der Waals surface area (Å²) in [4.78, 5) is 12.6. The molecule has 0 radical (unpaired) electrons. The zero-order chi connectivity index (χ0) is 13.1. The predicted molar refractivity (Wildman–Crippen MR) is 77.8 cm³/mol. The number of halogens is 1. The van der Waals surface area contributed by atoms with Crippen molar-refractivity contribution in [1.29, 1.82) is 0 Å². The van der Waals surface area contributed by atoms with Crippen LogP contribution in [-0.2, 0) is 0 Å². The first kappa shape index (κ1) is 13.3. The van der Waals surface area contributed by atoms with Gasteiger partial charge in [-0.25, -0.2) is 0 Å². The average Bonchev–Trinajstić information content (AvgIpc) is 2.77. The Morgan fingerprint density at radius 2 is 2.06 bits per heavy atom. The van der Waals surface area contributed by atoms with Crippen molar-refractivity contribution >= 4 is 33.0 Å². The SMILES string of the molecule is Cc1ccc(C)c(OCC(=O)c2ccc(Br)s2)c1. The number of hydrogen-bond acceptors (Lipinski definition) is 3. The maximum atomic E-state index is 11.9. The van der Waals surface area contributed by atoms with Crippen LogP contribution < -0.4 is 4.74 Å². The summed E-state index contributed by atoms with van der Waals surface area (Å²) in [6, 6.07) is 9.66. The Kier molecular flexibility index (Phi) is 4.19. The van der Waals surface area contributed by atoms with Gasteiger partial charge in [0.25, 0.3) is 0 Å². The molecule has 0 spiro atoms. The lowest BCUT2D eigenvalue weighted by molar-refractivity contribution is 0.0925. The minimum absolute atomic E-state index is 0.00612. The summed E-state index contributed by atoms with van der Waals surface area (Å²) in [5.41, 5.74) is 2.17. The molecule has 0 saturated carbocycles. The Bertz CT molecular complexity index is 575. The average molecular weight is 325 g/mol. The summed E-state index contributed by atoms with van der Waals surface area (Å²) in [7, 11) is 0. The molecule has 1 aromatic heterocycles. The van der Waals surface area contributed by atoms with E-state index in [4.69, 9.17) is 4.74 Å². The van der Waals surface area contributed by atoms with Gasteiger partial charge in [0.15, 0.2) is 6.61 Å². The Labute approximate surface area is 119 Å². The molecule has 0 unspecified atom stereocenters. The Morgan fingerprint density at radius 3 is 2.72 bits per heavy atom. The van der Waals surface area contributed by atoms with Gasteiger partial charge in [0.2, 0.25) is 5.78 Å². The van der Waals surface area contributed by atoms with E-state index >= 15 is 0 Å². The van der Waals surface area contributed by atoms with Crippen LogP contribution in [0.5, 0.6) is 5.75 Å². The first-order chi connectivity index (χ1) is 8.56. The topological polar surface area (TPSA) is 26.3 Å². The van der Waals surface area contributed by atoms with E-state index in [0.29, 0.717) is 4.88 Å². The number of thiophene rings is 1. The number of carbonyl (C=O) groups is 1. The van der Waals surface area contributed by atoms with Crippen LogP contribution in [0.1, 0.15) is 20.8 Å². The number of aryl methyl sites for hydroxylation is 2. The van der Waals surface area contributed by atoms with Crippen molar-refractivity contribution in [2.45, 2.75) is 13.8 Å². The van der Waals surface area contributed by atoms with Crippen LogP contribution >= 0.6 is 27.3 Å². The molecule has 0 N–H and O–H groups in total. The van der Waals surface area contributed by atoms with Crippen LogP contribution in [0.4, 0.5) is 0 Å². The van der Waals surface area contributed by atoms with Crippen LogP contribution in [0, 0.1) is 13.8 Å². The molecule has 1 heterocycles. The van der Waals surface area contributed by atoms with Crippen molar-refractivity contribution in [3.63, 3.8) is 0 Å². The van der Waals surface area contributed by atoms with Crippen molar-refractivity contribution in [3.05, 3.63) is 50.1 Å². The quantitative estimate of drug-likeness (QED) is 0.780. The summed E-state index contributed by atoms with van der Waals surface area (Å²) in [6.45, 7) is 4.06. The van der Waals surface area contributed by atoms with E-state index < -0.39 is 0 Å². The summed E-state index contributed by atoms with van der Waals surface area (Å²) in [5.74, 6) is 0.783. The number of benzene rings is 1. The van der Waals surface area contributed by atoms with Crippen LogP contribution in [0.15, 0.2) is 34.1 Å². The number of ether oxygens (including phenoxy) is 1. The fraction of sp³-hybridized carbons (Fsp3) is 0.214. The minimum atomic E-state index is 0.00612. The normalized spacial score (nSPS) is 10.4. The Hall–Kier alpha value is -1.13. The molecule has 1 aromatic carbocycles. The van der Waals surface area contributed by atoms with E-state index in [1.807, 2.05) is 44.2 Å². The molecule has 4 heteroatoms. The molecule has 0 aliphatic rings. The van der Waals surface area contributed by atoms with Gasteiger partial charge in [-0.15, -0.1) is 11.3 Å². The second-order valence-electron chi connectivity index (χ2n) is 4.08. The molecule has 94 valence electrons. The summed E-state index contributed by atoms with van der Waals surface area (Å²) >= 11 is 4.77. The lowest BCUT2D eigenvalue weighted by Crippen LogP contribution is -2.10. The molecule has 0 amide bonds. The fourth-order valence-electron chi connectivity index (χ4n) is 1.54. The van der Waals surface area contributed by atoms with Gasteiger partial charge in [-0.2, -0.15) is 0 Å². The maximum absolute atomic E-state index is 11.9. The second-order valence-corrected chi connectivity index (χ2v) is 6.55. The molecule has 0 saturated heterocycles. The highest BCUT2D eigenvalue weighted by Crippen LogP contribution is 2.23. The third-order valence-corrected chi connectivity index (χ3v) is 4.22. The molecule has 18 heavy (non-hydrogen) atoms. The van der Waals surface area contributed by atoms with Crippen LogP contribution in [-0.4, -0.2) is 12.4 Å². The molecule has 0 atom stereocenters. The van der Waals surface area contributed by atoms with Gasteiger partial charge < -0.3 is 4.74 Å². The fourth-order valence-corrected chi connectivity index (χ4v) is 2.85. The Morgan fingerprint density at radius 1 is 1.28 bits per heavy atom. The molecule has 0 bridgehead atoms. The highest BCUT2D eigenvalue weighted by atomic mass is 79.9. The van der Waals surface area contributed by atoms with Crippen molar-refractivity contribution in [3.8, 4) is 5.75 Å². The highest BCUT2D eigenvalue weighted by molar-refractivity contribution is 9.11. The van der Waals surface area contributed by atoms with Crippen LogP contribution in [0.3, 0.4) is 0 Å². The van der Waals surface area contributed by atoms with Gasteiger partial charge in [-0.05, 0) is 59.1 Å². The molecular formula is C14H13BrO2S. The van der Waals surface area contributed by atoms with Crippen LogP contribution in [0.2, 0.25) is 0 Å². The van der Waals surface area contributed by atoms with Crippen molar-refractivity contribution in [2.24, 2.45) is 0 Å². The zero-order valence-corrected chi connectivity index (χ0v) is 12.6. The standard InChI is InChI=1S/C14H13BrO2S/c1-9-3-4-10(2)12(7-9)17-8-11(16)13-5-6-14(15)18-13/h3-7H,8H2,1-2H3. The van der Waals surface area contributed by atoms with E-state index in [-0.39, 0.29) is 12.4 Å². The van der Waals surface area contributed by atoms with Gasteiger partial charge in [-0.3, -0.25) is 4.79 Å². The molecule has 2 aromatic rings. The van der Waals surface area contributed by atoms with Gasteiger partial charge in [-0.1, -0.05) is 12.1 Å². The molecular weight excluding hydrogens is 312 g/mol. The largest absolute Gasteiger partial charge is 0.485 e. The summed E-state index contributed by atoms with van der Waals surface area (Å²) in [5, 5.41) is 0. The summed E-state index contributed by atoms with van der Waals surface area (Å²) in [6.07, 6.45) is 0. The smallest absolute Gasteiger partial charge is 0.210 e. The van der Waals surface area contributed by atoms with E-state index in [0.717, 1.165) is 20.7 Å². The van der Waals surface area contributed by atoms with Crippen molar-refractivity contribution in [1.82, 2.24) is 0 Å². The molecule has 0 fully saturated rings. The van der Waals surface area contributed by atoms with Crippen molar-refractivity contribution < 1.29 is 9.53 Å². The first-order valence-corrected chi connectivity index (χ1v) is 7.16. The molecule has 2 rings (SSSR count). The summed E-state index contributed by atoms with van der Waals surface area (Å²) < 4.78 is 6.54. The van der Waals surface area contributed by atoms with E-state index in [2.05, 4.69) is 15.9 Å². The van der Waals surface area contributed by atoms with E-state index in [1.165, 1.54) is 11.3 Å². The van der Waals surface area contributed by atoms with Gasteiger partial charge in [0.1, 0.15) is 5.75 Å². The van der Waals surface area contributed by atoms with Gasteiger partial charge >= 0.3 is 0 Å². The lowest BCUT2D eigenvalue weighted by atomic mass is 10.1. The van der Waals surface area contributed by atoms with E-state index in [9.17, 15) is 4.79 Å². The first-order valence-electron chi connectivity index (χ1n) is 5.55. The molecule has 0 aliphatic heterocycles. The Balaban J connectivity index is 2.03. The predicted octanol–water partition coefficient (Wildman–Crippen LogP) is 4.39. The molecule has 0 aliphatic carbocycles. The van der Waals surface area contributed by atoms with Gasteiger partial charge in [0.05, 0.1) is 8.66 Å². The highest BCUT2D eigenvalue weighted by Gasteiger charge is 2.10. The zero-order valence-electron chi connectivity index (χ0n) is 10.2. The van der Waals surface area contributed by atoms with Crippen molar-refractivity contribution in [2.75, 3.05) is 6.61 Å². The number of hydrogen-bond donors (Lipinski definition) is 0. The number of Topliss-reactive ketones (excluding diaryl/α,β-unsaturated/α-hetero) is 1. The van der Waals surface area contributed by atoms with E-state index in [1.54, 1.807) is 0 Å². The molecule has 2 nitrogen and oxygen atoms in total. The maximum Gasteiger partial charge on any atom is 0.210 e. The number of carbonyl (C=O) groups excluding carboxylic acids is 1. The van der Waals surface area contributed by atoms with Gasteiger partial charge in [0, 0.05) is 0 Å².